The molecule has 2 N–H and O–H groups in total. The van der Waals surface area contributed by atoms with E-state index in [1.54, 1.807) is 19.4 Å². The lowest BCUT2D eigenvalue weighted by Crippen LogP contribution is -2.42. The first-order chi connectivity index (χ1) is 18.0. The Morgan fingerprint density at radius 3 is 2.08 bits per heavy atom. The Morgan fingerprint density at radius 2 is 1.51 bits per heavy atom. The van der Waals surface area contributed by atoms with Crippen molar-refractivity contribution in [3.05, 3.63) is 108 Å². The normalized spacial score (nSPS) is 12.8. The highest BCUT2D eigenvalue weighted by Crippen LogP contribution is 2.44. The first kappa shape index (κ1) is 24.1. The number of ether oxygens (including phenoxy) is 2. The summed E-state index contributed by atoms with van der Waals surface area (Å²) in [5.74, 6) is -0.692. The van der Waals surface area contributed by atoms with Gasteiger partial charge in [-0.2, -0.15) is 0 Å². The van der Waals surface area contributed by atoms with Gasteiger partial charge in [-0.05, 0) is 39.4 Å². The fourth-order valence-corrected chi connectivity index (χ4v) is 4.72. The number of carbonyl (C=O) groups excluding carboxylic acids is 1. The summed E-state index contributed by atoms with van der Waals surface area (Å²) >= 11 is 0. The number of nitrogens with zero attached hydrogens (tertiary/aromatic N) is 1. The van der Waals surface area contributed by atoms with Crippen LogP contribution in [0.25, 0.3) is 22.3 Å². The second kappa shape index (κ2) is 10.5. The summed E-state index contributed by atoms with van der Waals surface area (Å²) in [6, 6.07) is 26.1. The Balaban J connectivity index is 1.22. The van der Waals surface area contributed by atoms with Crippen LogP contribution in [0.15, 0.2) is 91.1 Å². The van der Waals surface area contributed by atoms with Gasteiger partial charge in [-0.1, -0.05) is 72.8 Å². The molecule has 3 aromatic carbocycles. The van der Waals surface area contributed by atoms with Crippen molar-refractivity contribution in [2.45, 2.75) is 18.4 Å². The van der Waals surface area contributed by atoms with Gasteiger partial charge in [-0.3, -0.25) is 0 Å². The molecule has 5 rings (SSSR count). The predicted octanol–water partition coefficient (Wildman–Crippen LogP) is 5.29. The molecule has 7 heteroatoms. The molecule has 186 valence electrons. The molecule has 1 aromatic heterocycles. The lowest BCUT2D eigenvalue weighted by atomic mass is 9.98. The zero-order valence-electron chi connectivity index (χ0n) is 20.3. The van der Waals surface area contributed by atoms with Crippen molar-refractivity contribution in [3.63, 3.8) is 0 Å². The monoisotopic (exact) mass is 494 g/mol. The predicted molar refractivity (Wildman–Crippen MR) is 140 cm³/mol. The summed E-state index contributed by atoms with van der Waals surface area (Å²) in [5, 5.41) is 12.2. The highest BCUT2D eigenvalue weighted by Gasteiger charge is 2.29. The number of aliphatic carboxylic acids is 1. The van der Waals surface area contributed by atoms with Gasteiger partial charge in [0.05, 0.1) is 7.11 Å². The molecule has 1 heterocycles. The van der Waals surface area contributed by atoms with Crippen LogP contribution in [-0.4, -0.2) is 41.9 Å². The second-order valence-electron chi connectivity index (χ2n) is 8.85. The lowest BCUT2D eigenvalue weighted by Gasteiger charge is -2.17. The second-order valence-corrected chi connectivity index (χ2v) is 8.85. The van der Waals surface area contributed by atoms with E-state index >= 15 is 0 Å². The molecule has 1 atom stereocenters. The average molecular weight is 495 g/mol. The molecule has 37 heavy (non-hydrogen) atoms. The van der Waals surface area contributed by atoms with Crippen molar-refractivity contribution >= 4 is 12.1 Å². The lowest BCUT2D eigenvalue weighted by molar-refractivity contribution is -0.139. The molecule has 0 fully saturated rings. The van der Waals surface area contributed by atoms with Gasteiger partial charge in [0, 0.05) is 30.2 Å². The van der Waals surface area contributed by atoms with Crippen LogP contribution in [0.5, 0.6) is 5.88 Å². The quantitative estimate of drug-likeness (QED) is 0.345. The number of carboxylic acids is 1. The van der Waals surface area contributed by atoms with E-state index < -0.39 is 18.1 Å². The minimum atomic E-state index is -1.13. The smallest absolute Gasteiger partial charge is 0.407 e. The first-order valence-corrected chi connectivity index (χ1v) is 12.0. The third-order valence-electron chi connectivity index (χ3n) is 6.61. The molecule has 0 saturated heterocycles. The van der Waals surface area contributed by atoms with E-state index in [4.69, 9.17) is 9.47 Å². The Morgan fingerprint density at radius 1 is 0.892 bits per heavy atom. The van der Waals surface area contributed by atoms with Crippen LogP contribution in [0.1, 0.15) is 22.6 Å². The SMILES string of the molecule is COc1ccc(-c2ccc(C[C@H](NC(=O)OCC3c4ccccc4-c4ccccc43)C(=O)O)cc2)cn1. The molecular formula is C30H26N2O5. The number of rotatable bonds is 8. The van der Waals surface area contributed by atoms with Crippen LogP contribution < -0.4 is 10.1 Å². The zero-order chi connectivity index (χ0) is 25.8. The van der Waals surface area contributed by atoms with E-state index in [1.165, 1.54) is 0 Å². The molecule has 1 aliphatic carbocycles. The standard InChI is InChI=1S/C30H26N2O5/c1-36-28-15-14-21(17-31-28)20-12-10-19(11-13-20)16-27(29(33)34)32-30(35)37-18-26-24-8-4-2-6-22(24)23-7-3-5-9-25(23)26/h2-15,17,26-27H,16,18H2,1H3,(H,32,35)(H,33,34)/t27-/m0/s1. The maximum absolute atomic E-state index is 12.6. The molecule has 0 saturated carbocycles. The van der Waals surface area contributed by atoms with Gasteiger partial charge in [-0.15, -0.1) is 0 Å². The number of nitrogens with one attached hydrogen (secondary N) is 1. The van der Waals surface area contributed by atoms with Crippen molar-refractivity contribution in [1.82, 2.24) is 10.3 Å². The first-order valence-electron chi connectivity index (χ1n) is 12.0. The number of amides is 1. The number of carboxylic acid groups (broad SMARTS) is 1. The minimum absolute atomic E-state index is 0.0959. The minimum Gasteiger partial charge on any atom is -0.481 e. The maximum Gasteiger partial charge on any atom is 0.407 e. The molecule has 7 nitrogen and oxygen atoms in total. The fourth-order valence-electron chi connectivity index (χ4n) is 4.72. The number of pyridine rings is 1. The van der Waals surface area contributed by atoms with Gasteiger partial charge in [0.25, 0.3) is 0 Å². The van der Waals surface area contributed by atoms with Crippen LogP contribution >= 0.6 is 0 Å². The van der Waals surface area contributed by atoms with E-state index in [0.717, 1.165) is 38.9 Å². The van der Waals surface area contributed by atoms with E-state index in [0.29, 0.717) is 5.88 Å². The van der Waals surface area contributed by atoms with Crippen LogP contribution in [0.4, 0.5) is 4.79 Å². The van der Waals surface area contributed by atoms with E-state index in [2.05, 4.69) is 22.4 Å². The van der Waals surface area contributed by atoms with Crippen LogP contribution in [-0.2, 0) is 16.0 Å². The molecule has 0 unspecified atom stereocenters. The van der Waals surface area contributed by atoms with Gasteiger partial charge < -0.3 is 19.9 Å². The molecule has 0 radical (unpaired) electrons. The number of methoxy groups -OCH3 is 1. The Labute approximate surface area is 214 Å². The van der Waals surface area contributed by atoms with E-state index in [-0.39, 0.29) is 18.9 Å². The topological polar surface area (TPSA) is 97.8 Å². The Hall–Kier alpha value is -4.65. The number of alkyl carbamates (subject to hydrolysis) is 1. The number of fused-ring (bicyclic) bond motifs is 3. The van der Waals surface area contributed by atoms with Crippen LogP contribution in [0, 0.1) is 0 Å². The Kier molecular flexibility index (Phi) is 6.85. The number of hydrogen-bond acceptors (Lipinski definition) is 5. The van der Waals surface area contributed by atoms with Crippen molar-refractivity contribution in [2.24, 2.45) is 0 Å². The van der Waals surface area contributed by atoms with Crippen LogP contribution in [0.2, 0.25) is 0 Å². The molecule has 0 spiro atoms. The van der Waals surface area contributed by atoms with Crippen molar-refractivity contribution < 1.29 is 24.2 Å². The molecule has 1 amide bonds. The molecular weight excluding hydrogens is 468 g/mol. The molecule has 1 aliphatic rings. The van der Waals surface area contributed by atoms with Gasteiger partial charge in [0.15, 0.2) is 0 Å². The summed E-state index contributed by atoms with van der Waals surface area (Å²) in [5.41, 5.74) is 7.08. The van der Waals surface area contributed by atoms with Gasteiger partial charge in [0.2, 0.25) is 5.88 Å². The number of benzene rings is 3. The zero-order valence-corrected chi connectivity index (χ0v) is 20.3. The number of hydrogen-bond donors (Lipinski definition) is 2. The summed E-state index contributed by atoms with van der Waals surface area (Å²) in [7, 11) is 1.56. The van der Waals surface area contributed by atoms with E-state index in [1.807, 2.05) is 66.7 Å². The summed E-state index contributed by atoms with van der Waals surface area (Å²) < 4.78 is 10.6. The van der Waals surface area contributed by atoms with E-state index in [9.17, 15) is 14.7 Å². The van der Waals surface area contributed by atoms with Crippen molar-refractivity contribution in [1.29, 1.82) is 0 Å². The third-order valence-corrected chi connectivity index (χ3v) is 6.61. The third kappa shape index (κ3) is 5.16. The van der Waals surface area contributed by atoms with Crippen LogP contribution in [0.3, 0.4) is 0 Å². The van der Waals surface area contributed by atoms with Gasteiger partial charge in [0.1, 0.15) is 12.6 Å². The Bertz CT molecular complexity index is 1370. The molecule has 0 aliphatic heterocycles. The summed E-state index contributed by atoms with van der Waals surface area (Å²) in [4.78, 5) is 28.7. The number of aromatic nitrogens is 1. The fraction of sp³-hybridized carbons (Fsp3) is 0.167. The van der Waals surface area contributed by atoms with Gasteiger partial charge >= 0.3 is 12.1 Å². The number of carbonyl (C=O) groups is 2. The molecule has 4 aromatic rings. The van der Waals surface area contributed by atoms with Gasteiger partial charge in [-0.25, -0.2) is 14.6 Å². The highest BCUT2D eigenvalue weighted by atomic mass is 16.5. The summed E-state index contributed by atoms with van der Waals surface area (Å²) in [6.07, 6.45) is 1.09. The highest BCUT2D eigenvalue weighted by molar-refractivity contribution is 5.81. The largest absolute Gasteiger partial charge is 0.481 e. The maximum atomic E-state index is 12.6. The summed E-state index contributed by atoms with van der Waals surface area (Å²) in [6.45, 7) is 0.122. The van der Waals surface area contributed by atoms with Crippen molar-refractivity contribution in [2.75, 3.05) is 13.7 Å². The van der Waals surface area contributed by atoms with Crippen molar-refractivity contribution in [3.8, 4) is 28.1 Å². The average Bonchev–Trinajstić information content (AvgIpc) is 3.25. The molecule has 0 bridgehead atoms.